The standard InChI is InChI=1S/C18H19F3N2O3/c19-18(20,21)12-26-16-9-5-4-8-15(16)25-11-17(24)23-10-14(22)13-6-2-1-3-7-13/h1-9,14H,10-12,22H2,(H,23,24). The monoisotopic (exact) mass is 368 g/mol. The maximum absolute atomic E-state index is 12.3. The SMILES string of the molecule is NC(CNC(=O)COc1ccccc1OCC(F)(F)F)c1ccccc1. The molecule has 3 N–H and O–H groups in total. The first-order valence-corrected chi connectivity index (χ1v) is 7.84. The maximum Gasteiger partial charge on any atom is 0.422 e. The number of benzene rings is 2. The van der Waals surface area contributed by atoms with Crippen molar-refractivity contribution in [2.24, 2.45) is 5.73 Å². The number of carbonyl (C=O) groups excluding carboxylic acids is 1. The van der Waals surface area contributed by atoms with Crippen LogP contribution >= 0.6 is 0 Å². The highest BCUT2D eigenvalue weighted by molar-refractivity contribution is 5.77. The minimum Gasteiger partial charge on any atom is -0.480 e. The Kier molecular flexibility index (Phi) is 6.85. The molecule has 140 valence electrons. The predicted molar refractivity (Wildman–Crippen MR) is 89.9 cm³/mol. The molecule has 0 heterocycles. The molecule has 8 heteroatoms. The Morgan fingerprint density at radius 3 is 2.19 bits per heavy atom. The third-order valence-corrected chi connectivity index (χ3v) is 3.35. The summed E-state index contributed by atoms with van der Waals surface area (Å²) >= 11 is 0. The zero-order valence-corrected chi connectivity index (χ0v) is 13.8. The van der Waals surface area contributed by atoms with Gasteiger partial charge in [-0.15, -0.1) is 0 Å². The van der Waals surface area contributed by atoms with Crippen molar-refractivity contribution in [3.8, 4) is 11.5 Å². The first-order chi connectivity index (χ1) is 12.3. The largest absolute Gasteiger partial charge is 0.480 e. The molecule has 0 aliphatic heterocycles. The molecule has 0 saturated carbocycles. The average molecular weight is 368 g/mol. The molecule has 2 aromatic rings. The minimum absolute atomic E-state index is 0.0549. The van der Waals surface area contributed by atoms with Crippen LogP contribution in [0.3, 0.4) is 0 Å². The van der Waals surface area contributed by atoms with Gasteiger partial charge in [-0.05, 0) is 17.7 Å². The third kappa shape index (κ3) is 6.64. The number of nitrogens with one attached hydrogen (secondary N) is 1. The van der Waals surface area contributed by atoms with Crippen molar-refractivity contribution in [1.82, 2.24) is 5.32 Å². The van der Waals surface area contributed by atoms with Crippen molar-refractivity contribution in [3.63, 3.8) is 0 Å². The molecule has 2 rings (SSSR count). The second kappa shape index (κ2) is 9.10. The second-order valence-corrected chi connectivity index (χ2v) is 5.46. The number of para-hydroxylation sites is 2. The van der Waals surface area contributed by atoms with E-state index in [1.807, 2.05) is 30.3 Å². The molecule has 0 fully saturated rings. The number of rotatable bonds is 8. The highest BCUT2D eigenvalue weighted by atomic mass is 19.4. The molecule has 1 atom stereocenters. The van der Waals surface area contributed by atoms with E-state index < -0.39 is 18.7 Å². The van der Waals surface area contributed by atoms with Crippen molar-refractivity contribution in [2.45, 2.75) is 12.2 Å². The summed E-state index contributed by atoms with van der Waals surface area (Å²) in [5, 5.41) is 2.62. The van der Waals surface area contributed by atoms with Gasteiger partial charge in [0.25, 0.3) is 5.91 Å². The smallest absolute Gasteiger partial charge is 0.422 e. The van der Waals surface area contributed by atoms with Crippen LogP contribution in [-0.2, 0) is 4.79 Å². The zero-order chi connectivity index (χ0) is 19.0. The number of hydrogen-bond donors (Lipinski definition) is 2. The van der Waals surface area contributed by atoms with Gasteiger partial charge in [-0.2, -0.15) is 13.2 Å². The van der Waals surface area contributed by atoms with Crippen molar-refractivity contribution >= 4 is 5.91 Å². The van der Waals surface area contributed by atoms with Crippen molar-refractivity contribution in [2.75, 3.05) is 19.8 Å². The summed E-state index contributed by atoms with van der Waals surface area (Å²) < 4.78 is 46.7. The van der Waals surface area contributed by atoms with Gasteiger partial charge in [0.15, 0.2) is 24.7 Å². The first-order valence-electron chi connectivity index (χ1n) is 7.84. The van der Waals surface area contributed by atoms with E-state index in [-0.39, 0.29) is 30.7 Å². The molecule has 1 amide bonds. The van der Waals surface area contributed by atoms with Crippen molar-refractivity contribution in [1.29, 1.82) is 0 Å². The molecule has 0 aliphatic rings. The number of nitrogens with two attached hydrogens (primary N) is 1. The Morgan fingerprint density at radius 2 is 1.58 bits per heavy atom. The van der Waals surface area contributed by atoms with Crippen molar-refractivity contribution in [3.05, 3.63) is 60.2 Å². The summed E-state index contributed by atoms with van der Waals surface area (Å²) in [6.07, 6.45) is -4.46. The normalized spacial score (nSPS) is 12.3. The average Bonchev–Trinajstić information content (AvgIpc) is 2.63. The molecule has 0 saturated heterocycles. The van der Waals surface area contributed by atoms with Crippen LogP contribution in [0.1, 0.15) is 11.6 Å². The molecule has 5 nitrogen and oxygen atoms in total. The van der Waals surface area contributed by atoms with Gasteiger partial charge in [0.2, 0.25) is 0 Å². The lowest BCUT2D eigenvalue weighted by Crippen LogP contribution is -2.35. The number of hydrogen-bond acceptors (Lipinski definition) is 4. The van der Waals surface area contributed by atoms with E-state index in [2.05, 4.69) is 10.1 Å². The van der Waals surface area contributed by atoms with Crippen LogP contribution in [0.2, 0.25) is 0 Å². The zero-order valence-electron chi connectivity index (χ0n) is 13.8. The molecular formula is C18H19F3N2O3. The van der Waals surface area contributed by atoms with Gasteiger partial charge in [0.1, 0.15) is 0 Å². The van der Waals surface area contributed by atoms with E-state index in [9.17, 15) is 18.0 Å². The summed E-state index contributed by atoms with van der Waals surface area (Å²) in [5.41, 5.74) is 6.85. The summed E-state index contributed by atoms with van der Waals surface area (Å²) in [5.74, 6) is -0.472. The second-order valence-electron chi connectivity index (χ2n) is 5.46. The van der Waals surface area contributed by atoms with Gasteiger partial charge in [-0.1, -0.05) is 42.5 Å². The minimum atomic E-state index is -4.46. The van der Waals surface area contributed by atoms with Gasteiger partial charge in [0.05, 0.1) is 0 Å². The maximum atomic E-state index is 12.3. The lowest BCUT2D eigenvalue weighted by molar-refractivity contribution is -0.153. The van der Waals surface area contributed by atoms with Gasteiger partial charge in [0, 0.05) is 12.6 Å². The Bertz CT molecular complexity index is 708. The molecule has 2 aromatic carbocycles. The first kappa shape index (κ1) is 19.6. The fraction of sp³-hybridized carbons (Fsp3) is 0.278. The van der Waals surface area contributed by atoms with Crippen molar-refractivity contribution < 1.29 is 27.4 Å². The van der Waals surface area contributed by atoms with Crippen LogP contribution in [0.15, 0.2) is 54.6 Å². The van der Waals surface area contributed by atoms with E-state index in [1.165, 1.54) is 18.2 Å². The topological polar surface area (TPSA) is 73.6 Å². The van der Waals surface area contributed by atoms with E-state index in [4.69, 9.17) is 10.5 Å². The lowest BCUT2D eigenvalue weighted by atomic mass is 10.1. The highest BCUT2D eigenvalue weighted by Crippen LogP contribution is 2.28. The van der Waals surface area contributed by atoms with E-state index in [0.29, 0.717) is 0 Å². The van der Waals surface area contributed by atoms with Gasteiger partial charge < -0.3 is 20.5 Å². The van der Waals surface area contributed by atoms with Crippen LogP contribution in [0.25, 0.3) is 0 Å². The molecular weight excluding hydrogens is 349 g/mol. The van der Waals surface area contributed by atoms with E-state index in [0.717, 1.165) is 5.56 Å². The molecule has 0 spiro atoms. The van der Waals surface area contributed by atoms with Crippen LogP contribution < -0.4 is 20.5 Å². The molecule has 1 unspecified atom stereocenters. The summed E-state index contributed by atoms with van der Waals surface area (Å²) in [6, 6.07) is 14.7. The molecule has 0 aromatic heterocycles. The number of amides is 1. The van der Waals surface area contributed by atoms with Crippen LogP contribution in [0.4, 0.5) is 13.2 Å². The molecule has 0 bridgehead atoms. The molecule has 0 radical (unpaired) electrons. The fourth-order valence-electron chi connectivity index (χ4n) is 2.08. The highest BCUT2D eigenvalue weighted by Gasteiger charge is 2.29. The predicted octanol–water partition coefficient (Wildman–Crippen LogP) is 2.82. The summed E-state index contributed by atoms with van der Waals surface area (Å²) in [6.45, 7) is -1.60. The number of carbonyl (C=O) groups is 1. The lowest BCUT2D eigenvalue weighted by Gasteiger charge is -2.15. The Hall–Kier alpha value is -2.74. The summed E-state index contributed by atoms with van der Waals surface area (Å²) in [4.78, 5) is 11.9. The molecule has 26 heavy (non-hydrogen) atoms. The Balaban J connectivity index is 1.82. The van der Waals surface area contributed by atoms with Gasteiger partial charge in [-0.3, -0.25) is 4.79 Å². The van der Waals surface area contributed by atoms with E-state index >= 15 is 0 Å². The van der Waals surface area contributed by atoms with Crippen LogP contribution in [-0.4, -0.2) is 31.8 Å². The summed E-state index contributed by atoms with van der Waals surface area (Å²) in [7, 11) is 0. The number of ether oxygens (including phenoxy) is 2. The third-order valence-electron chi connectivity index (χ3n) is 3.35. The Labute approximate surface area is 148 Å². The van der Waals surface area contributed by atoms with E-state index in [1.54, 1.807) is 6.07 Å². The van der Waals surface area contributed by atoms with Gasteiger partial charge >= 0.3 is 6.18 Å². The van der Waals surface area contributed by atoms with Crippen LogP contribution in [0, 0.1) is 0 Å². The Morgan fingerprint density at radius 1 is 1.00 bits per heavy atom. The number of halogens is 3. The quantitative estimate of drug-likeness (QED) is 0.752. The molecule has 0 aliphatic carbocycles. The number of alkyl halides is 3. The fourth-order valence-corrected chi connectivity index (χ4v) is 2.08. The van der Waals surface area contributed by atoms with Crippen LogP contribution in [0.5, 0.6) is 11.5 Å². The van der Waals surface area contributed by atoms with Gasteiger partial charge in [-0.25, -0.2) is 0 Å².